The number of ketones is 1. The molecular formula is C18H26FNO3. The fourth-order valence-electron chi connectivity index (χ4n) is 2.29. The van der Waals surface area contributed by atoms with Crippen LogP contribution in [-0.4, -0.2) is 30.9 Å². The molecule has 0 aliphatic carbocycles. The van der Waals surface area contributed by atoms with Crippen LogP contribution in [0.2, 0.25) is 0 Å². The van der Waals surface area contributed by atoms with Crippen LogP contribution in [0.15, 0.2) is 24.3 Å². The van der Waals surface area contributed by atoms with Crippen molar-refractivity contribution in [3.63, 3.8) is 0 Å². The molecule has 1 rings (SSSR count). The first kappa shape index (κ1) is 19.3. The zero-order valence-corrected chi connectivity index (χ0v) is 13.9. The lowest BCUT2D eigenvalue weighted by Gasteiger charge is -2.17. The maximum absolute atomic E-state index is 13.0. The number of carbonyl (C=O) groups excluding carboxylic acids is 2. The van der Waals surface area contributed by atoms with Crippen molar-refractivity contribution in [2.75, 3.05) is 13.2 Å². The van der Waals surface area contributed by atoms with Gasteiger partial charge in [0.25, 0.3) is 0 Å². The fourth-order valence-corrected chi connectivity index (χ4v) is 2.29. The van der Waals surface area contributed by atoms with Gasteiger partial charge in [0, 0.05) is 5.56 Å². The Morgan fingerprint density at radius 3 is 2.43 bits per heavy atom. The van der Waals surface area contributed by atoms with Gasteiger partial charge in [0.15, 0.2) is 5.78 Å². The number of esters is 1. The van der Waals surface area contributed by atoms with Gasteiger partial charge in [-0.15, -0.1) is 0 Å². The van der Waals surface area contributed by atoms with E-state index in [-0.39, 0.29) is 18.8 Å². The Balaban J connectivity index is 2.66. The van der Waals surface area contributed by atoms with E-state index in [0.29, 0.717) is 12.1 Å². The molecule has 0 aliphatic heterocycles. The summed E-state index contributed by atoms with van der Waals surface area (Å²) < 4.78 is 17.9. The molecular weight excluding hydrogens is 297 g/mol. The second kappa shape index (κ2) is 10.9. The van der Waals surface area contributed by atoms with E-state index in [9.17, 15) is 14.0 Å². The van der Waals surface area contributed by atoms with Crippen LogP contribution in [0.5, 0.6) is 0 Å². The lowest BCUT2D eigenvalue weighted by Crippen LogP contribution is -2.39. The zero-order chi connectivity index (χ0) is 17.1. The highest BCUT2D eigenvalue weighted by Gasteiger charge is 2.23. The third kappa shape index (κ3) is 7.37. The van der Waals surface area contributed by atoms with Gasteiger partial charge >= 0.3 is 5.97 Å². The third-order valence-corrected chi connectivity index (χ3v) is 3.54. The number of nitrogens with one attached hydrogen (secondary N) is 1. The van der Waals surface area contributed by atoms with Crippen LogP contribution in [-0.2, 0) is 9.53 Å². The van der Waals surface area contributed by atoms with Crippen LogP contribution in [0.1, 0.15) is 56.3 Å². The highest BCUT2D eigenvalue weighted by atomic mass is 19.1. The van der Waals surface area contributed by atoms with Crippen LogP contribution in [0, 0.1) is 5.82 Å². The summed E-state index contributed by atoms with van der Waals surface area (Å²) in [5, 5.41) is 3.14. The topological polar surface area (TPSA) is 55.4 Å². The van der Waals surface area contributed by atoms with Gasteiger partial charge in [-0.2, -0.15) is 0 Å². The SMILES string of the molecule is CCCCCCNC(CC(=O)OCC)C(=O)c1ccc(F)cc1. The Kier molecular flexibility index (Phi) is 9.14. The van der Waals surface area contributed by atoms with Crippen molar-refractivity contribution < 1.29 is 18.7 Å². The molecule has 0 aromatic heterocycles. The van der Waals surface area contributed by atoms with Gasteiger partial charge in [-0.1, -0.05) is 26.2 Å². The number of hydrogen-bond donors (Lipinski definition) is 1. The number of benzene rings is 1. The summed E-state index contributed by atoms with van der Waals surface area (Å²) in [5.41, 5.74) is 0.391. The van der Waals surface area contributed by atoms with Crippen molar-refractivity contribution in [2.45, 2.75) is 52.0 Å². The second-order valence-corrected chi connectivity index (χ2v) is 5.45. The number of hydrogen-bond acceptors (Lipinski definition) is 4. The van der Waals surface area contributed by atoms with E-state index in [0.717, 1.165) is 25.7 Å². The van der Waals surface area contributed by atoms with E-state index in [1.54, 1.807) is 6.92 Å². The standard InChI is InChI=1S/C18H26FNO3/c1-3-5-6-7-12-20-16(13-17(21)23-4-2)18(22)14-8-10-15(19)11-9-14/h8-11,16,20H,3-7,12-13H2,1-2H3. The molecule has 0 radical (unpaired) electrons. The van der Waals surface area contributed by atoms with Gasteiger partial charge in [-0.05, 0) is 44.2 Å². The molecule has 5 heteroatoms. The second-order valence-electron chi connectivity index (χ2n) is 5.45. The van der Waals surface area contributed by atoms with Gasteiger partial charge in [-0.25, -0.2) is 4.39 Å². The predicted octanol–water partition coefficient (Wildman–Crippen LogP) is 3.50. The Bertz CT molecular complexity index is 488. The number of ether oxygens (including phenoxy) is 1. The van der Waals surface area contributed by atoms with Gasteiger partial charge in [0.1, 0.15) is 5.82 Å². The molecule has 0 fully saturated rings. The molecule has 1 aromatic rings. The predicted molar refractivity (Wildman–Crippen MR) is 87.9 cm³/mol. The molecule has 0 bridgehead atoms. The first-order chi connectivity index (χ1) is 11.1. The fraction of sp³-hybridized carbons (Fsp3) is 0.556. The average Bonchev–Trinajstić information content (AvgIpc) is 2.54. The van der Waals surface area contributed by atoms with E-state index < -0.39 is 17.8 Å². The van der Waals surface area contributed by atoms with Crippen molar-refractivity contribution in [3.05, 3.63) is 35.6 Å². The van der Waals surface area contributed by atoms with Crippen LogP contribution in [0.4, 0.5) is 4.39 Å². The van der Waals surface area contributed by atoms with Gasteiger partial charge in [-0.3, -0.25) is 9.59 Å². The minimum Gasteiger partial charge on any atom is -0.466 e. The minimum absolute atomic E-state index is 0.0160. The zero-order valence-electron chi connectivity index (χ0n) is 13.9. The minimum atomic E-state index is -0.638. The van der Waals surface area contributed by atoms with Crippen LogP contribution < -0.4 is 5.32 Å². The highest BCUT2D eigenvalue weighted by molar-refractivity contribution is 6.01. The Morgan fingerprint density at radius 2 is 1.83 bits per heavy atom. The Hall–Kier alpha value is -1.75. The molecule has 128 valence electrons. The summed E-state index contributed by atoms with van der Waals surface area (Å²) in [5.74, 6) is -1.02. The smallest absolute Gasteiger partial charge is 0.307 e. The van der Waals surface area contributed by atoms with Crippen molar-refractivity contribution >= 4 is 11.8 Å². The largest absolute Gasteiger partial charge is 0.466 e. The highest BCUT2D eigenvalue weighted by Crippen LogP contribution is 2.10. The number of unbranched alkanes of at least 4 members (excludes halogenated alkanes) is 3. The summed E-state index contributed by atoms with van der Waals surface area (Å²) in [6, 6.07) is 4.73. The van der Waals surface area contributed by atoms with Crippen molar-refractivity contribution in [3.8, 4) is 0 Å². The van der Waals surface area contributed by atoms with Crippen LogP contribution in [0.3, 0.4) is 0 Å². The van der Waals surface area contributed by atoms with Gasteiger partial charge in [0.2, 0.25) is 0 Å². The number of rotatable bonds is 11. The molecule has 0 heterocycles. The van der Waals surface area contributed by atoms with E-state index in [1.165, 1.54) is 24.3 Å². The van der Waals surface area contributed by atoms with E-state index in [2.05, 4.69) is 12.2 Å². The Labute approximate surface area is 137 Å². The quantitative estimate of drug-likeness (QED) is 0.385. The molecule has 1 unspecified atom stereocenters. The van der Waals surface area contributed by atoms with Crippen molar-refractivity contribution in [1.29, 1.82) is 0 Å². The van der Waals surface area contributed by atoms with Gasteiger partial charge < -0.3 is 10.1 Å². The van der Waals surface area contributed by atoms with Crippen molar-refractivity contribution in [2.24, 2.45) is 0 Å². The summed E-state index contributed by atoms with van der Waals surface area (Å²) in [7, 11) is 0. The normalized spacial score (nSPS) is 12.0. The monoisotopic (exact) mass is 323 g/mol. The van der Waals surface area contributed by atoms with Crippen molar-refractivity contribution in [1.82, 2.24) is 5.32 Å². The molecule has 0 saturated heterocycles. The summed E-state index contributed by atoms with van der Waals surface area (Å²) in [6.45, 7) is 4.81. The molecule has 0 spiro atoms. The van der Waals surface area contributed by atoms with Crippen LogP contribution >= 0.6 is 0 Å². The number of halogens is 1. The number of Topliss-reactive ketones (excluding diaryl/α,β-unsaturated/α-hetero) is 1. The molecule has 1 aromatic carbocycles. The molecule has 4 nitrogen and oxygen atoms in total. The van der Waals surface area contributed by atoms with E-state index >= 15 is 0 Å². The first-order valence-corrected chi connectivity index (χ1v) is 8.27. The summed E-state index contributed by atoms with van der Waals surface area (Å²) in [6.07, 6.45) is 4.30. The molecule has 1 atom stereocenters. The molecule has 0 aliphatic rings. The molecule has 0 saturated carbocycles. The summed E-state index contributed by atoms with van der Waals surface area (Å²) >= 11 is 0. The molecule has 0 amide bonds. The summed E-state index contributed by atoms with van der Waals surface area (Å²) in [4.78, 5) is 24.2. The lowest BCUT2D eigenvalue weighted by atomic mass is 10.0. The molecule has 1 N–H and O–H groups in total. The first-order valence-electron chi connectivity index (χ1n) is 8.27. The van der Waals surface area contributed by atoms with E-state index in [1.807, 2.05) is 0 Å². The van der Waals surface area contributed by atoms with E-state index in [4.69, 9.17) is 4.74 Å². The van der Waals surface area contributed by atoms with Gasteiger partial charge in [0.05, 0.1) is 19.1 Å². The van der Waals surface area contributed by atoms with Crippen LogP contribution in [0.25, 0.3) is 0 Å². The molecule has 23 heavy (non-hydrogen) atoms. The Morgan fingerprint density at radius 1 is 1.13 bits per heavy atom. The number of carbonyl (C=O) groups is 2. The maximum Gasteiger partial charge on any atom is 0.307 e. The maximum atomic E-state index is 13.0. The third-order valence-electron chi connectivity index (χ3n) is 3.54. The lowest BCUT2D eigenvalue weighted by molar-refractivity contribution is -0.143. The average molecular weight is 323 g/mol.